The molecule has 0 unspecified atom stereocenters. The molecule has 6 radical (unpaired) electrons. The third kappa shape index (κ3) is 2.13. The molecule has 2 aromatic carbocycles. The van der Waals surface area contributed by atoms with Gasteiger partial charge in [0.2, 0.25) is 0 Å². The minimum Gasteiger partial charge on any atom is -0.458 e. The largest absolute Gasteiger partial charge is 0.458 e. The monoisotopic (exact) mass is 411 g/mol. The van der Waals surface area contributed by atoms with E-state index >= 15 is 0 Å². The molecule has 0 heterocycles. The van der Waals surface area contributed by atoms with E-state index in [0.29, 0.717) is 6.07 Å². The highest BCUT2D eigenvalue weighted by Gasteiger charge is 2.79. The molecule has 144 valence electrons. The van der Waals surface area contributed by atoms with Crippen LogP contribution in [0.3, 0.4) is 0 Å². The maximum Gasteiger partial charge on any atom is 0.347 e. The normalized spacial score (nSPS) is 22.6. The fourth-order valence-electron chi connectivity index (χ4n) is 3.84. The molecule has 1 atom stereocenters. The van der Waals surface area contributed by atoms with E-state index in [0.717, 1.165) is 6.07 Å². The predicted octanol–water partition coefficient (Wildman–Crippen LogP) is 0.386. The topological polar surface area (TPSA) is 70.3 Å². The van der Waals surface area contributed by atoms with Gasteiger partial charge in [0.1, 0.15) is 40.9 Å². The number of halogens is 5. The number of rotatable bonds is 2. The third-order valence-corrected chi connectivity index (χ3v) is 5.35. The summed E-state index contributed by atoms with van der Waals surface area (Å²) in [4.78, 5) is 12.4. The van der Waals surface area contributed by atoms with Crippen LogP contribution in [0.1, 0.15) is 33.5 Å². The molecule has 2 aromatic rings. The molecule has 0 spiro atoms. The lowest BCUT2D eigenvalue weighted by Crippen LogP contribution is -2.48. The molecule has 0 aromatic heterocycles. The van der Waals surface area contributed by atoms with Crippen LogP contribution in [0, 0.1) is 17.1 Å². The molecule has 0 saturated carbocycles. The summed E-state index contributed by atoms with van der Waals surface area (Å²) in [5, 5.41) is 19.4. The van der Waals surface area contributed by atoms with Gasteiger partial charge in [-0.2, -0.15) is 22.8 Å². The van der Waals surface area contributed by atoms with Gasteiger partial charge in [-0.15, -0.1) is 0 Å². The van der Waals surface area contributed by atoms with Crippen molar-refractivity contribution in [3.63, 3.8) is 0 Å². The molecule has 2 aliphatic carbocycles. The van der Waals surface area contributed by atoms with Crippen LogP contribution in [-0.2, 0) is 11.5 Å². The molecule has 0 bridgehead atoms. The average Bonchev–Trinajstić information content (AvgIpc) is 3.01. The number of nitriles is 1. The first kappa shape index (κ1) is 20.5. The Kier molecular flexibility index (Phi) is 4.01. The first-order chi connectivity index (χ1) is 13.8. The summed E-state index contributed by atoms with van der Waals surface area (Å²) < 4.78 is 76.7. The van der Waals surface area contributed by atoms with Crippen molar-refractivity contribution >= 4 is 45.7 Å². The lowest BCUT2D eigenvalue weighted by Gasteiger charge is -2.29. The number of carbonyl (C=O) groups is 1. The van der Waals surface area contributed by atoms with Gasteiger partial charge in [-0.1, -0.05) is 0 Å². The number of alkyl halides is 4. The van der Waals surface area contributed by atoms with Crippen LogP contribution in [0.15, 0.2) is 12.1 Å². The number of Topliss-reactive ketones (excluding diaryl/α,β-unsaturated/α-hetero) is 1. The van der Waals surface area contributed by atoms with Crippen LogP contribution < -0.4 is 21.1 Å². The van der Waals surface area contributed by atoms with Gasteiger partial charge in [0.15, 0.2) is 11.4 Å². The van der Waals surface area contributed by atoms with Crippen molar-refractivity contribution in [3.8, 4) is 17.6 Å². The second-order valence-corrected chi connectivity index (χ2v) is 6.94. The summed E-state index contributed by atoms with van der Waals surface area (Å²) in [6, 6.07) is 2.87. The summed E-state index contributed by atoms with van der Waals surface area (Å²) in [7, 11) is 16.7. The molecule has 4 rings (SSSR count). The molecule has 1 N–H and O–H groups in total. The second-order valence-electron chi connectivity index (χ2n) is 6.94. The number of ketones is 1. The smallest absolute Gasteiger partial charge is 0.347 e. The first-order valence-electron chi connectivity index (χ1n) is 8.24. The van der Waals surface area contributed by atoms with Gasteiger partial charge < -0.3 is 9.84 Å². The van der Waals surface area contributed by atoms with Gasteiger partial charge in [0, 0.05) is 16.7 Å². The Morgan fingerprint density at radius 1 is 1.10 bits per heavy atom. The maximum absolute atomic E-state index is 14.3. The highest BCUT2D eigenvalue weighted by atomic mass is 19.3. The van der Waals surface area contributed by atoms with E-state index in [4.69, 9.17) is 33.5 Å². The SMILES string of the molecule is [B]c1c(F)c([B])c(Oc2ccc3c4c2C(=O)C[C@]4(O)C(F)(F)C3(F)F)c([B])c1C#N. The minimum absolute atomic E-state index is 0.516. The first-order valence-corrected chi connectivity index (χ1v) is 8.24. The Morgan fingerprint density at radius 3 is 2.33 bits per heavy atom. The zero-order valence-electron chi connectivity index (χ0n) is 14.7. The lowest BCUT2D eigenvalue weighted by atomic mass is 9.75. The van der Waals surface area contributed by atoms with Crippen molar-refractivity contribution < 1.29 is 36.6 Å². The molecule has 0 fully saturated rings. The Bertz CT molecular complexity index is 1210. The van der Waals surface area contributed by atoms with E-state index in [1.54, 1.807) is 6.07 Å². The predicted molar refractivity (Wildman–Crippen MR) is 95.5 cm³/mol. The molecular weight excluding hydrogens is 406 g/mol. The number of aliphatic hydroxyl groups is 1. The van der Waals surface area contributed by atoms with Crippen LogP contribution >= 0.6 is 0 Å². The van der Waals surface area contributed by atoms with Crippen molar-refractivity contribution in [1.82, 2.24) is 0 Å². The standard InChI is InChI=1S/C18H5B3F5NO3/c19-11-5(4-27)12(20)15(13(21)14(11)22)30-8-2-1-6-10-9(8)7(28)3-16(10,29)18(25,26)17(6,23)24/h1-2,29H,3H2/t16-/m1/s1. The summed E-state index contributed by atoms with van der Waals surface area (Å²) in [5.41, 5.74) is -8.86. The highest BCUT2D eigenvalue weighted by molar-refractivity contribution is 6.47. The summed E-state index contributed by atoms with van der Waals surface area (Å²) in [6.45, 7) is 0. The molecule has 0 saturated heterocycles. The summed E-state index contributed by atoms with van der Waals surface area (Å²) in [6.07, 6.45) is -1.32. The number of ether oxygens (including phenoxy) is 1. The second kappa shape index (κ2) is 5.88. The van der Waals surface area contributed by atoms with E-state index < -0.39 is 85.6 Å². The van der Waals surface area contributed by atoms with Crippen molar-refractivity contribution in [1.29, 1.82) is 5.26 Å². The number of benzene rings is 2. The van der Waals surface area contributed by atoms with Gasteiger partial charge in [-0.05, 0) is 28.5 Å². The van der Waals surface area contributed by atoms with E-state index in [1.807, 2.05) is 0 Å². The Morgan fingerprint density at radius 2 is 1.73 bits per heavy atom. The molecule has 0 amide bonds. The zero-order valence-corrected chi connectivity index (χ0v) is 14.7. The molecular formula is C18H5B3F5NO3. The van der Waals surface area contributed by atoms with Gasteiger partial charge >= 0.3 is 11.8 Å². The van der Waals surface area contributed by atoms with E-state index in [1.165, 1.54) is 0 Å². The fourth-order valence-corrected chi connectivity index (χ4v) is 3.84. The molecule has 0 aliphatic heterocycles. The van der Waals surface area contributed by atoms with Crippen molar-refractivity contribution in [2.45, 2.75) is 23.9 Å². The van der Waals surface area contributed by atoms with Crippen LogP contribution in [0.25, 0.3) is 0 Å². The van der Waals surface area contributed by atoms with Crippen LogP contribution in [0.4, 0.5) is 22.0 Å². The quantitative estimate of drug-likeness (QED) is 0.574. The fraction of sp³-hybridized carbons (Fsp3) is 0.222. The summed E-state index contributed by atoms with van der Waals surface area (Å²) in [5.74, 6) is -13.3. The van der Waals surface area contributed by atoms with E-state index in [2.05, 4.69) is 0 Å². The van der Waals surface area contributed by atoms with Crippen molar-refractivity contribution in [3.05, 3.63) is 40.2 Å². The molecule has 2 aliphatic rings. The van der Waals surface area contributed by atoms with Gasteiger partial charge in [-0.3, -0.25) is 4.79 Å². The number of hydrogen-bond acceptors (Lipinski definition) is 4. The average molecular weight is 411 g/mol. The van der Waals surface area contributed by atoms with Crippen molar-refractivity contribution in [2.24, 2.45) is 0 Å². The van der Waals surface area contributed by atoms with E-state index in [-0.39, 0.29) is 0 Å². The van der Waals surface area contributed by atoms with E-state index in [9.17, 15) is 31.9 Å². The van der Waals surface area contributed by atoms with Gasteiger partial charge in [0.05, 0.1) is 18.1 Å². The maximum atomic E-state index is 14.3. The van der Waals surface area contributed by atoms with Crippen LogP contribution in [-0.4, -0.2) is 40.4 Å². The summed E-state index contributed by atoms with van der Waals surface area (Å²) >= 11 is 0. The highest BCUT2D eigenvalue weighted by Crippen LogP contribution is 2.65. The number of nitrogens with zero attached hydrogens (tertiary/aromatic N) is 1. The van der Waals surface area contributed by atoms with Crippen molar-refractivity contribution in [2.75, 3.05) is 0 Å². The lowest BCUT2D eigenvalue weighted by molar-refractivity contribution is -0.283. The minimum atomic E-state index is -4.96. The molecule has 30 heavy (non-hydrogen) atoms. The number of hydrogen-bond donors (Lipinski definition) is 1. The van der Waals surface area contributed by atoms with Crippen LogP contribution in [0.2, 0.25) is 0 Å². The Labute approximate surface area is 169 Å². The Balaban J connectivity index is 1.96. The van der Waals surface area contributed by atoms with Gasteiger partial charge in [-0.25, -0.2) is 4.39 Å². The molecule has 12 heteroatoms. The van der Waals surface area contributed by atoms with Crippen LogP contribution in [0.5, 0.6) is 11.5 Å². The van der Waals surface area contributed by atoms with Gasteiger partial charge in [0.25, 0.3) is 0 Å². The Hall–Kier alpha value is -2.80. The number of carbonyl (C=O) groups excluding carboxylic acids is 1. The molecule has 4 nitrogen and oxygen atoms in total. The third-order valence-electron chi connectivity index (χ3n) is 5.35. The zero-order chi connectivity index (χ0) is 22.4.